The normalized spacial score (nSPS) is 10.0. The molecule has 0 aliphatic heterocycles. The van der Waals surface area contributed by atoms with Crippen LogP contribution in [-0.2, 0) is 6.42 Å². The third kappa shape index (κ3) is 2.05. The molecule has 0 spiro atoms. The van der Waals surface area contributed by atoms with Gasteiger partial charge in [0.15, 0.2) is 0 Å². The van der Waals surface area contributed by atoms with Crippen LogP contribution in [0.3, 0.4) is 0 Å². The van der Waals surface area contributed by atoms with Crippen LogP contribution in [-0.4, -0.2) is 21.0 Å². The van der Waals surface area contributed by atoms with Crippen molar-refractivity contribution in [2.24, 2.45) is 0 Å². The van der Waals surface area contributed by atoms with Crippen LogP contribution in [0.1, 0.15) is 23.1 Å². The number of hydrogen-bond donors (Lipinski definition) is 2. The maximum absolute atomic E-state index is 10.6. The third-order valence-electron chi connectivity index (χ3n) is 1.47. The number of aryl methyl sites for hydroxylation is 1. The van der Waals surface area contributed by atoms with Gasteiger partial charge in [-0.15, -0.1) is 0 Å². The van der Waals surface area contributed by atoms with E-state index in [-0.39, 0.29) is 15.4 Å². The molecule has 0 fully saturated rings. The summed E-state index contributed by atoms with van der Waals surface area (Å²) in [6, 6.07) is 0. The fourth-order valence-corrected chi connectivity index (χ4v) is 1.48. The number of rotatable bonds is 2. The SMILES string of the molecule is CCc1nc(=S)c(C(=O)O)c(Cl)[nH]1. The highest BCUT2D eigenvalue weighted by Gasteiger charge is 2.12. The summed E-state index contributed by atoms with van der Waals surface area (Å²) in [5, 5.41) is 8.73. The number of aromatic nitrogens is 2. The summed E-state index contributed by atoms with van der Waals surface area (Å²) >= 11 is 10.4. The van der Waals surface area contributed by atoms with Crippen LogP contribution < -0.4 is 0 Å². The van der Waals surface area contributed by atoms with Crippen molar-refractivity contribution in [2.75, 3.05) is 0 Å². The molecule has 13 heavy (non-hydrogen) atoms. The quantitative estimate of drug-likeness (QED) is 0.589. The Kier molecular flexibility index (Phi) is 3.00. The summed E-state index contributed by atoms with van der Waals surface area (Å²) in [4.78, 5) is 17.2. The number of carbonyl (C=O) groups is 1. The molecule has 1 rings (SSSR count). The number of halogens is 1. The Bertz CT molecular complexity index is 402. The fraction of sp³-hybridized carbons (Fsp3) is 0.286. The van der Waals surface area contributed by atoms with E-state index in [0.29, 0.717) is 12.2 Å². The van der Waals surface area contributed by atoms with Gasteiger partial charge < -0.3 is 10.1 Å². The van der Waals surface area contributed by atoms with Gasteiger partial charge in [-0.25, -0.2) is 9.78 Å². The highest BCUT2D eigenvalue weighted by molar-refractivity contribution is 7.71. The topological polar surface area (TPSA) is 66.0 Å². The lowest BCUT2D eigenvalue weighted by molar-refractivity contribution is 0.0695. The number of carboxylic acid groups (broad SMARTS) is 1. The number of nitrogens with zero attached hydrogens (tertiary/aromatic N) is 1. The van der Waals surface area contributed by atoms with Crippen LogP contribution in [0.25, 0.3) is 0 Å². The van der Waals surface area contributed by atoms with Gasteiger partial charge >= 0.3 is 5.97 Å². The van der Waals surface area contributed by atoms with Crippen molar-refractivity contribution < 1.29 is 9.90 Å². The Labute approximate surface area is 84.6 Å². The van der Waals surface area contributed by atoms with E-state index in [4.69, 9.17) is 28.9 Å². The molecule has 1 aromatic rings. The van der Waals surface area contributed by atoms with Gasteiger partial charge in [-0.1, -0.05) is 30.7 Å². The summed E-state index contributed by atoms with van der Waals surface area (Å²) in [7, 11) is 0. The number of carboxylic acids is 1. The minimum atomic E-state index is -1.17. The van der Waals surface area contributed by atoms with Gasteiger partial charge in [0.2, 0.25) is 0 Å². The maximum Gasteiger partial charge on any atom is 0.341 e. The molecule has 2 N–H and O–H groups in total. The largest absolute Gasteiger partial charge is 0.477 e. The summed E-state index contributed by atoms with van der Waals surface area (Å²) in [6.07, 6.45) is 0.628. The van der Waals surface area contributed by atoms with Gasteiger partial charge in [-0.3, -0.25) is 0 Å². The predicted molar refractivity (Wildman–Crippen MR) is 50.8 cm³/mol. The van der Waals surface area contributed by atoms with Crippen LogP contribution in [0, 0.1) is 4.64 Å². The first-order valence-electron chi connectivity index (χ1n) is 3.58. The molecule has 0 atom stereocenters. The van der Waals surface area contributed by atoms with E-state index < -0.39 is 5.97 Å². The molecule has 0 radical (unpaired) electrons. The van der Waals surface area contributed by atoms with E-state index in [9.17, 15) is 4.79 Å². The Hall–Kier alpha value is -0.940. The summed E-state index contributed by atoms with van der Waals surface area (Å²) in [6.45, 7) is 1.87. The maximum atomic E-state index is 10.6. The van der Waals surface area contributed by atoms with E-state index in [1.807, 2.05) is 6.92 Å². The van der Waals surface area contributed by atoms with Crippen LogP contribution in [0.2, 0.25) is 5.15 Å². The van der Waals surface area contributed by atoms with Crippen LogP contribution >= 0.6 is 23.8 Å². The van der Waals surface area contributed by atoms with E-state index in [1.54, 1.807) is 0 Å². The predicted octanol–water partition coefficient (Wildman–Crippen LogP) is 2.05. The van der Waals surface area contributed by atoms with Gasteiger partial charge in [0.1, 0.15) is 21.2 Å². The van der Waals surface area contributed by atoms with Crippen molar-refractivity contribution in [1.29, 1.82) is 0 Å². The average Bonchev–Trinajstić information content (AvgIpc) is 2.02. The molecule has 0 aliphatic carbocycles. The highest BCUT2D eigenvalue weighted by Crippen LogP contribution is 2.13. The van der Waals surface area contributed by atoms with E-state index in [0.717, 1.165) is 0 Å². The van der Waals surface area contributed by atoms with E-state index in [2.05, 4.69) is 9.97 Å². The molecular formula is C7H7ClN2O2S. The Morgan fingerprint density at radius 1 is 1.77 bits per heavy atom. The van der Waals surface area contributed by atoms with Crippen molar-refractivity contribution >= 4 is 29.8 Å². The fourth-order valence-electron chi connectivity index (χ4n) is 0.842. The van der Waals surface area contributed by atoms with Gasteiger partial charge in [0.25, 0.3) is 0 Å². The van der Waals surface area contributed by atoms with Gasteiger partial charge in [0.05, 0.1) is 0 Å². The van der Waals surface area contributed by atoms with Crippen molar-refractivity contribution in [3.8, 4) is 0 Å². The third-order valence-corrected chi connectivity index (χ3v) is 2.05. The zero-order valence-electron chi connectivity index (χ0n) is 6.80. The standard InChI is InChI=1S/C7H7ClN2O2S/c1-2-3-9-5(8)4(7(11)12)6(13)10-3/h2H2,1H3,(H,11,12)(H,9,10,13). The first kappa shape index (κ1) is 10.1. The summed E-state index contributed by atoms with van der Waals surface area (Å²) in [5.74, 6) is -0.582. The summed E-state index contributed by atoms with van der Waals surface area (Å²) in [5.41, 5.74) is -0.145. The van der Waals surface area contributed by atoms with Crippen LogP contribution in [0.4, 0.5) is 0 Å². The number of H-pyrrole nitrogens is 1. The molecule has 0 saturated heterocycles. The molecule has 0 aliphatic rings. The average molecular weight is 219 g/mol. The first-order valence-corrected chi connectivity index (χ1v) is 4.36. The van der Waals surface area contributed by atoms with Crippen LogP contribution in [0.5, 0.6) is 0 Å². The monoisotopic (exact) mass is 218 g/mol. The Morgan fingerprint density at radius 3 is 2.77 bits per heavy atom. The zero-order chi connectivity index (χ0) is 10.0. The van der Waals surface area contributed by atoms with Crippen molar-refractivity contribution in [3.05, 3.63) is 21.2 Å². The second kappa shape index (κ2) is 3.85. The van der Waals surface area contributed by atoms with Crippen LogP contribution in [0.15, 0.2) is 0 Å². The minimum absolute atomic E-state index is 0.0214. The van der Waals surface area contributed by atoms with E-state index in [1.165, 1.54) is 0 Å². The van der Waals surface area contributed by atoms with E-state index >= 15 is 0 Å². The van der Waals surface area contributed by atoms with Gasteiger partial charge in [-0.2, -0.15) is 0 Å². The number of aromatic carboxylic acids is 1. The molecule has 0 amide bonds. The number of nitrogens with one attached hydrogen (secondary N) is 1. The molecule has 0 unspecified atom stereocenters. The smallest absolute Gasteiger partial charge is 0.341 e. The lowest BCUT2D eigenvalue weighted by atomic mass is 10.3. The molecular weight excluding hydrogens is 212 g/mol. The van der Waals surface area contributed by atoms with Crippen molar-refractivity contribution in [3.63, 3.8) is 0 Å². The second-order valence-corrected chi connectivity index (χ2v) is 3.10. The Morgan fingerprint density at radius 2 is 2.38 bits per heavy atom. The molecule has 0 aromatic carbocycles. The van der Waals surface area contributed by atoms with Gasteiger partial charge in [-0.05, 0) is 0 Å². The molecule has 70 valence electrons. The molecule has 0 saturated carbocycles. The lowest BCUT2D eigenvalue weighted by Gasteiger charge is -2.01. The first-order chi connectivity index (χ1) is 6.06. The number of hydrogen-bond acceptors (Lipinski definition) is 3. The highest BCUT2D eigenvalue weighted by atomic mass is 35.5. The molecule has 1 heterocycles. The number of aromatic amines is 1. The lowest BCUT2D eigenvalue weighted by Crippen LogP contribution is -2.05. The van der Waals surface area contributed by atoms with Gasteiger partial charge in [0, 0.05) is 6.42 Å². The minimum Gasteiger partial charge on any atom is -0.477 e. The summed E-state index contributed by atoms with van der Waals surface area (Å²) < 4.78 is 0.0214. The molecule has 1 aromatic heterocycles. The van der Waals surface area contributed by atoms with Crippen molar-refractivity contribution in [1.82, 2.24) is 9.97 Å². The molecule has 4 nitrogen and oxygen atoms in total. The molecule has 0 bridgehead atoms. The Balaban J connectivity index is 3.40. The zero-order valence-corrected chi connectivity index (χ0v) is 8.37. The van der Waals surface area contributed by atoms with Crippen molar-refractivity contribution in [2.45, 2.75) is 13.3 Å². The molecule has 6 heteroatoms. The second-order valence-electron chi connectivity index (χ2n) is 2.34.